The fraction of sp³-hybridized carbons (Fsp3) is 0.688. The molecule has 2 saturated heterocycles. The van der Waals surface area contributed by atoms with E-state index in [1.54, 1.807) is 0 Å². The Morgan fingerprint density at radius 2 is 2.33 bits per heavy atom. The van der Waals surface area contributed by atoms with E-state index in [-0.39, 0.29) is 24.0 Å². The molecule has 5 heteroatoms. The van der Waals surface area contributed by atoms with Gasteiger partial charge in [0.2, 0.25) is 5.91 Å². The minimum Gasteiger partial charge on any atom is -0.374 e. The number of fused-ring (bicyclic) bond motifs is 1. The van der Waals surface area contributed by atoms with Crippen LogP contribution in [-0.4, -0.2) is 42.1 Å². The lowest BCUT2D eigenvalue weighted by atomic mass is 10.0. The Morgan fingerprint density at radius 3 is 3.10 bits per heavy atom. The summed E-state index contributed by atoms with van der Waals surface area (Å²) in [6, 6.07) is 4.94. The third-order valence-corrected chi connectivity index (χ3v) is 5.71. The Morgan fingerprint density at radius 1 is 1.43 bits per heavy atom. The molecule has 4 nitrogen and oxygen atoms in total. The number of nitrogens with one attached hydrogen (secondary N) is 1. The van der Waals surface area contributed by atoms with E-state index in [0.29, 0.717) is 6.04 Å². The number of rotatable bonds is 4. The third kappa shape index (κ3) is 2.87. The van der Waals surface area contributed by atoms with Crippen LogP contribution in [0, 0.1) is 5.92 Å². The summed E-state index contributed by atoms with van der Waals surface area (Å²) in [7, 11) is 0. The molecule has 0 spiro atoms. The van der Waals surface area contributed by atoms with Crippen molar-refractivity contribution in [2.24, 2.45) is 5.92 Å². The second-order valence-corrected chi connectivity index (χ2v) is 7.48. The molecule has 1 N–H and O–H groups in total. The molecule has 1 aromatic rings. The lowest BCUT2D eigenvalue weighted by molar-refractivity contribution is -0.124. The molecule has 3 heterocycles. The van der Waals surface area contributed by atoms with Gasteiger partial charge in [-0.25, -0.2) is 0 Å². The van der Waals surface area contributed by atoms with Gasteiger partial charge < -0.3 is 10.1 Å². The zero-order valence-electron chi connectivity index (χ0n) is 12.2. The van der Waals surface area contributed by atoms with Gasteiger partial charge in [-0.2, -0.15) is 0 Å². The van der Waals surface area contributed by atoms with Crippen LogP contribution in [0.15, 0.2) is 17.5 Å². The number of carbonyl (C=O) groups is 1. The highest BCUT2D eigenvalue weighted by molar-refractivity contribution is 7.09. The predicted octanol–water partition coefficient (Wildman–Crippen LogP) is 2.01. The minimum absolute atomic E-state index is 0.170. The van der Waals surface area contributed by atoms with Crippen LogP contribution in [0.4, 0.5) is 0 Å². The van der Waals surface area contributed by atoms with Crippen LogP contribution >= 0.6 is 11.3 Å². The molecule has 0 aromatic carbocycles. The summed E-state index contributed by atoms with van der Waals surface area (Å²) in [6.07, 6.45) is 4.62. The van der Waals surface area contributed by atoms with Gasteiger partial charge in [0.15, 0.2) is 0 Å². The Hall–Kier alpha value is -0.910. The molecule has 1 amide bonds. The normalized spacial score (nSPS) is 32.9. The molecule has 0 unspecified atom stereocenters. The van der Waals surface area contributed by atoms with Crippen molar-refractivity contribution < 1.29 is 9.53 Å². The smallest absolute Gasteiger partial charge is 0.223 e. The zero-order valence-corrected chi connectivity index (χ0v) is 13.0. The van der Waals surface area contributed by atoms with Crippen LogP contribution in [0.5, 0.6) is 0 Å². The summed E-state index contributed by atoms with van der Waals surface area (Å²) >= 11 is 1.81. The average molecular weight is 306 g/mol. The van der Waals surface area contributed by atoms with E-state index < -0.39 is 0 Å². The van der Waals surface area contributed by atoms with Gasteiger partial charge in [0, 0.05) is 36.5 Å². The summed E-state index contributed by atoms with van der Waals surface area (Å²) in [4.78, 5) is 16.0. The van der Waals surface area contributed by atoms with E-state index in [1.165, 1.54) is 11.3 Å². The van der Waals surface area contributed by atoms with Crippen molar-refractivity contribution in [1.29, 1.82) is 0 Å². The second kappa shape index (κ2) is 5.71. The van der Waals surface area contributed by atoms with Gasteiger partial charge in [0.25, 0.3) is 0 Å². The molecule has 2 aliphatic heterocycles. The topological polar surface area (TPSA) is 41.6 Å². The predicted molar refractivity (Wildman–Crippen MR) is 82.1 cm³/mol. The van der Waals surface area contributed by atoms with Crippen LogP contribution < -0.4 is 5.32 Å². The van der Waals surface area contributed by atoms with E-state index in [2.05, 4.69) is 27.7 Å². The number of thiophene rings is 1. The summed E-state index contributed by atoms with van der Waals surface area (Å²) in [5.74, 6) is 0.518. The Bertz CT molecular complexity index is 500. The molecule has 21 heavy (non-hydrogen) atoms. The molecule has 3 aliphatic rings. The van der Waals surface area contributed by atoms with E-state index >= 15 is 0 Å². The molecule has 0 bridgehead atoms. The Kier molecular flexibility index (Phi) is 3.73. The lowest BCUT2D eigenvalue weighted by Crippen LogP contribution is -2.48. The monoisotopic (exact) mass is 306 g/mol. The maximum atomic E-state index is 12.1. The Balaban J connectivity index is 1.45. The summed E-state index contributed by atoms with van der Waals surface area (Å²) in [5.41, 5.74) is 0. The number of likely N-dealkylation sites (tertiary alicyclic amines) is 1. The van der Waals surface area contributed by atoms with E-state index in [9.17, 15) is 4.79 Å². The minimum atomic E-state index is 0.170. The fourth-order valence-electron chi connectivity index (χ4n) is 3.61. The molecule has 4 rings (SSSR count). The number of amides is 1. The molecule has 3 fully saturated rings. The highest BCUT2D eigenvalue weighted by Gasteiger charge is 2.45. The highest BCUT2D eigenvalue weighted by atomic mass is 32.1. The fourth-order valence-corrected chi connectivity index (χ4v) is 4.34. The lowest BCUT2D eigenvalue weighted by Gasteiger charge is -2.32. The second-order valence-electron chi connectivity index (χ2n) is 6.44. The molecule has 1 aromatic heterocycles. The maximum absolute atomic E-state index is 12.1. The van der Waals surface area contributed by atoms with E-state index in [4.69, 9.17) is 4.74 Å². The van der Waals surface area contributed by atoms with Crippen molar-refractivity contribution in [2.75, 3.05) is 13.2 Å². The summed E-state index contributed by atoms with van der Waals surface area (Å²) in [5, 5.41) is 5.38. The Labute approximate surface area is 129 Å². The van der Waals surface area contributed by atoms with Crippen LogP contribution in [0.2, 0.25) is 0 Å². The summed E-state index contributed by atoms with van der Waals surface area (Å²) < 4.78 is 6.01. The van der Waals surface area contributed by atoms with Crippen molar-refractivity contribution in [3.63, 3.8) is 0 Å². The number of carbonyl (C=O) groups excluding carboxylic acids is 1. The van der Waals surface area contributed by atoms with Crippen LogP contribution in [0.1, 0.15) is 30.6 Å². The van der Waals surface area contributed by atoms with Gasteiger partial charge in [-0.15, -0.1) is 11.3 Å². The van der Waals surface area contributed by atoms with E-state index in [1.807, 2.05) is 11.3 Å². The first-order chi connectivity index (χ1) is 10.3. The molecule has 114 valence electrons. The number of ether oxygens (including phenoxy) is 1. The first-order valence-corrected chi connectivity index (χ1v) is 8.87. The standard InChI is InChI=1S/C16H22N2O2S/c19-16(11-5-6-11)17-13-10-18(9-12-3-2-8-21-12)14-4-1-7-20-15(13)14/h2-3,8,11,13-15H,1,4-7,9-10H2,(H,17,19)/t13-,14+,15+/m0/s1. The van der Waals surface area contributed by atoms with Gasteiger partial charge in [-0.1, -0.05) is 6.07 Å². The average Bonchev–Trinajstić information content (AvgIpc) is 3.14. The van der Waals surface area contributed by atoms with Crippen molar-refractivity contribution >= 4 is 17.2 Å². The number of hydrogen-bond acceptors (Lipinski definition) is 4. The van der Waals surface area contributed by atoms with Gasteiger partial charge in [0.05, 0.1) is 12.1 Å². The summed E-state index contributed by atoms with van der Waals surface area (Å²) in [6.45, 7) is 2.74. The molecular formula is C16H22N2O2S. The zero-order chi connectivity index (χ0) is 14.2. The molecule has 1 saturated carbocycles. The van der Waals surface area contributed by atoms with Gasteiger partial charge in [0.1, 0.15) is 0 Å². The third-order valence-electron chi connectivity index (χ3n) is 4.85. The highest BCUT2D eigenvalue weighted by Crippen LogP contribution is 2.33. The molecule has 3 atom stereocenters. The van der Waals surface area contributed by atoms with Gasteiger partial charge in [-0.05, 0) is 37.1 Å². The van der Waals surface area contributed by atoms with E-state index in [0.717, 1.165) is 39.0 Å². The van der Waals surface area contributed by atoms with Crippen LogP contribution in [0.25, 0.3) is 0 Å². The molecule has 1 aliphatic carbocycles. The van der Waals surface area contributed by atoms with Crippen molar-refractivity contribution in [2.45, 2.75) is 50.4 Å². The van der Waals surface area contributed by atoms with Crippen LogP contribution in [0.3, 0.4) is 0 Å². The molecular weight excluding hydrogens is 284 g/mol. The number of nitrogens with zero attached hydrogens (tertiary/aromatic N) is 1. The first kappa shape index (κ1) is 13.7. The maximum Gasteiger partial charge on any atom is 0.223 e. The number of hydrogen-bond donors (Lipinski definition) is 1. The first-order valence-electron chi connectivity index (χ1n) is 7.99. The van der Waals surface area contributed by atoms with Crippen molar-refractivity contribution in [1.82, 2.24) is 10.2 Å². The van der Waals surface area contributed by atoms with Crippen molar-refractivity contribution in [3.05, 3.63) is 22.4 Å². The largest absolute Gasteiger partial charge is 0.374 e. The van der Waals surface area contributed by atoms with Crippen LogP contribution in [-0.2, 0) is 16.1 Å². The van der Waals surface area contributed by atoms with Gasteiger partial charge >= 0.3 is 0 Å². The quantitative estimate of drug-likeness (QED) is 0.925. The van der Waals surface area contributed by atoms with Crippen molar-refractivity contribution in [3.8, 4) is 0 Å². The SMILES string of the molecule is O=C(N[C@H]1CN(Cc2cccs2)[C@@H]2CCCO[C@H]12)C1CC1. The molecule has 0 radical (unpaired) electrons. The van der Waals surface area contributed by atoms with Gasteiger partial charge in [-0.3, -0.25) is 9.69 Å².